The van der Waals surface area contributed by atoms with Crippen LogP contribution >= 0.6 is 23.2 Å². The Morgan fingerprint density at radius 2 is 1.55 bits per heavy atom. The highest BCUT2D eigenvalue weighted by Crippen LogP contribution is 2.36. The number of hydrogen-bond acceptors (Lipinski definition) is 4. The van der Waals surface area contributed by atoms with E-state index in [1.165, 1.54) is 5.56 Å². The van der Waals surface area contributed by atoms with Crippen molar-refractivity contribution in [3.05, 3.63) is 100 Å². The third kappa shape index (κ3) is 3.39. The maximum absolute atomic E-state index is 6.46. The predicted octanol–water partition coefficient (Wildman–Crippen LogP) is 5.70. The summed E-state index contributed by atoms with van der Waals surface area (Å²) in [5.74, 6) is 0.561. The standard InChI is InChI=1S/C22H15Cl2N5/c23-17-10-11-18(19(24)12-17)21-13-20(25-22-26-27-28-29(21)22)16-8-6-15(7-9-16)14-4-2-1-3-5-14/h1-13,21H,(H,25,26,28)/t21-/m1/s1. The van der Waals surface area contributed by atoms with Gasteiger partial charge in [0.25, 0.3) is 0 Å². The van der Waals surface area contributed by atoms with Crippen LogP contribution in [-0.4, -0.2) is 20.2 Å². The van der Waals surface area contributed by atoms with E-state index in [-0.39, 0.29) is 6.04 Å². The van der Waals surface area contributed by atoms with Crippen LogP contribution in [0.1, 0.15) is 17.2 Å². The second-order valence-corrected chi connectivity index (χ2v) is 7.55. The first-order valence-electron chi connectivity index (χ1n) is 9.06. The van der Waals surface area contributed by atoms with Gasteiger partial charge in [-0.2, -0.15) is 4.68 Å². The second kappa shape index (κ2) is 7.35. The van der Waals surface area contributed by atoms with E-state index in [4.69, 9.17) is 23.2 Å². The SMILES string of the molecule is Clc1ccc([C@H]2C=C(c3ccc(-c4ccccc4)cc3)Nc3nnnn32)c(Cl)c1. The largest absolute Gasteiger partial charge is 0.323 e. The van der Waals surface area contributed by atoms with Crippen molar-refractivity contribution >= 4 is 34.8 Å². The summed E-state index contributed by atoms with van der Waals surface area (Å²) in [5, 5.41) is 16.5. The summed E-state index contributed by atoms with van der Waals surface area (Å²) in [4.78, 5) is 0. The van der Waals surface area contributed by atoms with Crippen molar-refractivity contribution in [2.75, 3.05) is 5.32 Å². The van der Waals surface area contributed by atoms with Crippen molar-refractivity contribution in [1.29, 1.82) is 0 Å². The van der Waals surface area contributed by atoms with Crippen LogP contribution in [0, 0.1) is 0 Å². The van der Waals surface area contributed by atoms with Crippen LogP contribution in [-0.2, 0) is 0 Å². The van der Waals surface area contributed by atoms with Crippen LogP contribution in [0.3, 0.4) is 0 Å². The molecule has 1 aromatic heterocycles. The Kier molecular flexibility index (Phi) is 4.54. The van der Waals surface area contributed by atoms with Gasteiger partial charge >= 0.3 is 0 Å². The summed E-state index contributed by atoms with van der Waals surface area (Å²) in [6.45, 7) is 0. The van der Waals surface area contributed by atoms with Crippen LogP contribution in [0.25, 0.3) is 16.8 Å². The summed E-state index contributed by atoms with van der Waals surface area (Å²) >= 11 is 12.5. The van der Waals surface area contributed by atoms with E-state index in [0.29, 0.717) is 16.0 Å². The molecule has 2 heterocycles. The van der Waals surface area contributed by atoms with E-state index in [0.717, 1.165) is 22.4 Å². The number of tetrazole rings is 1. The maximum Gasteiger partial charge on any atom is 0.248 e. The molecule has 0 bridgehead atoms. The summed E-state index contributed by atoms with van der Waals surface area (Å²) in [6, 6.07) is 23.9. The minimum absolute atomic E-state index is 0.241. The fourth-order valence-electron chi connectivity index (χ4n) is 3.46. The van der Waals surface area contributed by atoms with E-state index in [1.54, 1.807) is 10.7 Å². The Balaban J connectivity index is 1.54. The third-order valence-corrected chi connectivity index (χ3v) is 5.47. The number of fused-ring (bicyclic) bond motifs is 1. The zero-order valence-corrected chi connectivity index (χ0v) is 16.6. The van der Waals surface area contributed by atoms with Gasteiger partial charge in [0.15, 0.2) is 0 Å². The van der Waals surface area contributed by atoms with E-state index >= 15 is 0 Å². The Morgan fingerprint density at radius 3 is 2.31 bits per heavy atom. The van der Waals surface area contributed by atoms with Crippen molar-refractivity contribution in [1.82, 2.24) is 20.2 Å². The quantitative estimate of drug-likeness (QED) is 0.462. The molecule has 1 atom stereocenters. The van der Waals surface area contributed by atoms with Crippen molar-refractivity contribution in [3.63, 3.8) is 0 Å². The molecule has 29 heavy (non-hydrogen) atoms. The molecule has 0 aliphatic carbocycles. The number of allylic oxidation sites excluding steroid dienone is 1. The molecule has 0 amide bonds. The smallest absolute Gasteiger partial charge is 0.248 e. The van der Waals surface area contributed by atoms with E-state index < -0.39 is 0 Å². The van der Waals surface area contributed by atoms with Gasteiger partial charge in [-0.05, 0) is 50.9 Å². The van der Waals surface area contributed by atoms with Crippen LogP contribution in [0.5, 0.6) is 0 Å². The first-order chi connectivity index (χ1) is 14.2. The summed E-state index contributed by atoms with van der Waals surface area (Å²) in [5.41, 5.74) is 5.17. The number of aromatic nitrogens is 4. The van der Waals surface area contributed by atoms with Crippen molar-refractivity contribution in [2.45, 2.75) is 6.04 Å². The number of nitrogens with one attached hydrogen (secondary N) is 1. The van der Waals surface area contributed by atoms with Gasteiger partial charge in [-0.15, -0.1) is 0 Å². The fourth-order valence-corrected chi connectivity index (χ4v) is 3.98. The highest BCUT2D eigenvalue weighted by Gasteiger charge is 2.26. The first kappa shape index (κ1) is 17.9. The van der Waals surface area contributed by atoms with Crippen LogP contribution in [0.4, 0.5) is 5.95 Å². The normalized spacial score (nSPS) is 15.4. The molecule has 0 fully saturated rings. The van der Waals surface area contributed by atoms with Crippen molar-refractivity contribution in [3.8, 4) is 11.1 Å². The molecule has 0 unspecified atom stereocenters. The number of hydrogen-bond donors (Lipinski definition) is 1. The Bertz CT molecular complexity index is 1200. The molecule has 142 valence electrons. The maximum atomic E-state index is 6.46. The molecule has 1 N–H and O–H groups in total. The molecule has 1 aliphatic rings. The minimum atomic E-state index is -0.241. The number of benzene rings is 3. The van der Waals surface area contributed by atoms with E-state index in [1.807, 2.05) is 30.3 Å². The summed E-state index contributed by atoms with van der Waals surface area (Å²) in [6.07, 6.45) is 2.07. The molecule has 1 aliphatic heterocycles. The number of nitrogens with zero attached hydrogens (tertiary/aromatic N) is 4. The molecule has 0 spiro atoms. The lowest BCUT2D eigenvalue weighted by Crippen LogP contribution is -2.20. The van der Waals surface area contributed by atoms with Gasteiger partial charge in [0.05, 0.1) is 0 Å². The number of halogens is 2. The molecule has 3 aromatic carbocycles. The van der Waals surface area contributed by atoms with Gasteiger partial charge in [0.2, 0.25) is 5.95 Å². The van der Waals surface area contributed by atoms with Gasteiger partial charge in [-0.25, -0.2) is 0 Å². The fraction of sp³-hybridized carbons (Fsp3) is 0.0455. The summed E-state index contributed by atoms with van der Waals surface area (Å²) < 4.78 is 1.71. The Morgan fingerprint density at radius 1 is 0.828 bits per heavy atom. The average Bonchev–Trinajstić information content (AvgIpc) is 3.23. The van der Waals surface area contributed by atoms with Gasteiger partial charge in [-0.3, -0.25) is 0 Å². The first-order valence-corrected chi connectivity index (χ1v) is 9.82. The van der Waals surface area contributed by atoms with E-state index in [9.17, 15) is 0 Å². The molecule has 5 rings (SSSR count). The van der Waals surface area contributed by atoms with Crippen molar-refractivity contribution < 1.29 is 0 Å². The van der Waals surface area contributed by atoms with E-state index in [2.05, 4.69) is 63.3 Å². The lowest BCUT2D eigenvalue weighted by molar-refractivity contribution is 0.586. The van der Waals surface area contributed by atoms with Crippen LogP contribution in [0.2, 0.25) is 10.0 Å². The molecular weight excluding hydrogens is 405 g/mol. The lowest BCUT2D eigenvalue weighted by atomic mass is 9.99. The average molecular weight is 420 g/mol. The molecule has 5 nitrogen and oxygen atoms in total. The molecule has 0 saturated heterocycles. The number of anilines is 1. The van der Waals surface area contributed by atoms with Crippen molar-refractivity contribution in [2.24, 2.45) is 0 Å². The molecule has 7 heteroatoms. The monoisotopic (exact) mass is 419 g/mol. The molecule has 0 saturated carbocycles. The Hall–Kier alpha value is -3.15. The number of rotatable bonds is 3. The second-order valence-electron chi connectivity index (χ2n) is 6.71. The summed E-state index contributed by atoms with van der Waals surface area (Å²) in [7, 11) is 0. The minimum Gasteiger partial charge on any atom is -0.323 e. The van der Waals surface area contributed by atoms with Gasteiger partial charge in [0, 0.05) is 15.7 Å². The molecular formula is C22H15Cl2N5. The highest BCUT2D eigenvalue weighted by molar-refractivity contribution is 6.35. The highest BCUT2D eigenvalue weighted by atomic mass is 35.5. The molecule has 0 radical (unpaired) electrons. The van der Waals surface area contributed by atoms with Gasteiger partial charge in [-0.1, -0.05) is 89.0 Å². The topological polar surface area (TPSA) is 55.6 Å². The zero-order chi connectivity index (χ0) is 19.8. The molecule has 4 aromatic rings. The van der Waals surface area contributed by atoms with Gasteiger partial charge in [0.1, 0.15) is 6.04 Å². The Labute approximate surface area is 177 Å². The lowest BCUT2D eigenvalue weighted by Gasteiger charge is -2.24. The van der Waals surface area contributed by atoms with Crippen LogP contribution in [0.15, 0.2) is 78.9 Å². The zero-order valence-electron chi connectivity index (χ0n) is 15.1. The predicted molar refractivity (Wildman–Crippen MR) is 116 cm³/mol. The third-order valence-electron chi connectivity index (χ3n) is 4.91. The van der Waals surface area contributed by atoms with Crippen LogP contribution < -0.4 is 5.32 Å². The van der Waals surface area contributed by atoms with Gasteiger partial charge < -0.3 is 5.32 Å².